The Bertz CT molecular complexity index is 4230. The van der Waals surface area contributed by atoms with Gasteiger partial charge in [0.15, 0.2) is 11.6 Å². The molecule has 112 heavy (non-hydrogen) atoms. The van der Waals surface area contributed by atoms with Crippen LogP contribution in [-0.2, 0) is 67.9 Å². The van der Waals surface area contributed by atoms with Gasteiger partial charge in [0.2, 0.25) is 67.2 Å². The number of ketones is 2. The number of ether oxygens (including phenoxy) is 6. The predicted octanol–water partition coefficient (Wildman–Crippen LogP) is 12.5. The molecule has 2 N–H and O–H groups in total. The second-order valence-electron chi connectivity index (χ2n) is 35.0. The minimum Gasteiger partial charge on any atom is -0.478 e. The maximum Gasteiger partial charge on any atom is 0.307 e. The highest BCUT2D eigenvalue weighted by Crippen LogP contribution is 2.59. The van der Waals surface area contributed by atoms with Gasteiger partial charge in [-0.25, -0.2) is 25.6 Å². The van der Waals surface area contributed by atoms with E-state index >= 15 is 0 Å². The van der Waals surface area contributed by atoms with Gasteiger partial charge in [0, 0.05) is 48.6 Å². The highest BCUT2D eigenvalue weighted by Gasteiger charge is 2.66. The van der Waals surface area contributed by atoms with Crippen molar-refractivity contribution in [2.45, 2.75) is 244 Å². The average Bonchev–Trinajstić information content (AvgIpc) is 1.52. The van der Waals surface area contributed by atoms with Gasteiger partial charge in [-0.2, -0.15) is 9.97 Å². The number of esters is 2. The Morgan fingerprint density at radius 3 is 1.26 bits per heavy atom. The second-order valence-corrected chi connectivity index (χ2v) is 39.1. The summed E-state index contributed by atoms with van der Waals surface area (Å²) < 4.78 is 118. The third-order valence-corrected chi connectivity index (χ3v) is 28.0. The number of hydrogen-bond acceptors (Lipinski definition) is 20. The molecule has 8 aliphatic rings. The fourth-order valence-corrected chi connectivity index (χ4v) is 19.7. The van der Waals surface area contributed by atoms with Gasteiger partial charge in [-0.05, 0) is 191 Å². The summed E-state index contributed by atoms with van der Waals surface area (Å²) in [5.41, 5.74) is -4.32. The van der Waals surface area contributed by atoms with Crippen LogP contribution < -0.4 is 28.4 Å². The molecule has 6 fully saturated rings. The number of hydrogen-bond donors (Lipinski definition) is 2. The van der Waals surface area contributed by atoms with Crippen LogP contribution in [-0.4, -0.2) is 168 Å². The number of alkyl halides is 2. The molecule has 4 aromatic rings. The van der Waals surface area contributed by atoms with Crippen LogP contribution in [0.15, 0.2) is 85.0 Å². The third-order valence-electron chi connectivity index (χ3n) is 23.7. The molecule has 6 heterocycles. The molecule has 24 nitrogen and oxygen atoms in total. The molecule has 4 amide bonds. The monoisotopic (exact) mass is 1590 g/mol. The largest absolute Gasteiger partial charge is 0.478 e. The first kappa shape index (κ1) is 84.8. The van der Waals surface area contributed by atoms with Crippen molar-refractivity contribution in [1.29, 1.82) is 0 Å². The first-order chi connectivity index (χ1) is 52.8. The van der Waals surface area contributed by atoms with Crippen LogP contribution in [0.3, 0.4) is 0 Å². The lowest BCUT2D eigenvalue weighted by molar-refractivity contribution is -0.160. The summed E-state index contributed by atoms with van der Waals surface area (Å²) in [5.74, 6) is -5.66. The fourth-order valence-electron chi connectivity index (χ4n) is 16.8. The third kappa shape index (κ3) is 19.3. The molecule has 2 aromatic heterocycles. The number of carbonyl (C=O) groups excluding carboxylic acids is 8. The number of rotatable bonds is 20. The van der Waals surface area contributed by atoms with Gasteiger partial charge in [0.1, 0.15) is 46.3 Å². The van der Waals surface area contributed by atoms with Crippen molar-refractivity contribution in [2.75, 3.05) is 39.7 Å². The number of pyridine rings is 2. The predicted molar refractivity (Wildman–Crippen MR) is 416 cm³/mol. The smallest absolute Gasteiger partial charge is 0.307 e. The summed E-state index contributed by atoms with van der Waals surface area (Å²) in [7, 11) is -8.68. The Labute approximate surface area is 656 Å². The van der Waals surface area contributed by atoms with E-state index < -0.39 is 148 Å². The maximum absolute atomic E-state index is 14.9. The maximum atomic E-state index is 14.9. The van der Waals surface area contributed by atoms with E-state index in [0.717, 1.165) is 34.4 Å². The van der Waals surface area contributed by atoms with E-state index in [1.165, 1.54) is 9.80 Å². The van der Waals surface area contributed by atoms with Crippen molar-refractivity contribution >= 4 is 88.7 Å². The Hall–Kier alpha value is -8.14. The molecule has 14 atom stereocenters. The van der Waals surface area contributed by atoms with Crippen LogP contribution in [0.4, 0.5) is 8.78 Å². The van der Waals surface area contributed by atoms with Crippen LogP contribution in [0, 0.1) is 58.2 Å². The van der Waals surface area contributed by atoms with Crippen molar-refractivity contribution in [1.82, 2.24) is 29.2 Å². The van der Waals surface area contributed by atoms with Crippen LogP contribution in [0.25, 0.3) is 21.5 Å². The summed E-state index contributed by atoms with van der Waals surface area (Å²) >= 11 is 0. The number of fused-ring (bicyclic) bond motifs is 6. The quantitative estimate of drug-likeness (QED) is 0.0613. The number of carbonyl (C=O) groups is 8. The standard InChI is InChI=1S/2C42H56FN3O9S/c2*1-7-53-35-19-28-13-9-11-15-31(28)37(44-35)54-30-20-33-34(47)23-42(39(50)45-56(51,52)41(25-43)16-17-41)22-29(42)14-10-8-12-26(2)18-27(3)32(38(49)46(33)24-30)21-36(48)55-40(4,5)6/h2*9-11,13-15,19,26-27,29-30,32-33H,7-8,12,16-18,20-25H2,1-6H3,(H,45,50)/b2*14-10-/t26-,27+,29+,30+,32-,33-,42+;26-,27-,29-,30-,32+,33+,42-/m01/s1. The van der Waals surface area contributed by atoms with E-state index in [1.54, 1.807) is 41.5 Å². The Morgan fingerprint density at radius 1 is 0.554 bits per heavy atom. The molecule has 2 saturated heterocycles. The van der Waals surface area contributed by atoms with E-state index in [9.17, 15) is 64.0 Å². The zero-order chi connectivity index (χ0) is 81.3. The van der Waals surface area contributed by atoms with E-state index in [0.29, 0.717) is 50.7 Å². The van der Waals surface area contributed by atoms with Crippen LogP contribution >= 0.6 is 0 Å². The minimum atomic E-state index is -4.34. The lowest BCUT2D eigenvalue weighted by Gasteiger charge is -2.32. The molecule has 4 aliphatic carbocycles. The Balaban J connectivity index is 0.000000221. The number of aromatic nitrogens is 2. The second kappa shape index (κ2) is 33.7. The molecule has 0 radical (unpaired) electrons. The van der Waals surface area contributed by atoms with Crippen molar-refractivity contribution in [2.24, 2.45) is 58.2 Å². The first-order valence-corrected chi connectivity index (χ1v) is 42.9. The fraction of sp³-hybridized carbons (Fsp3) is 0.643. The van der Waals surface area contributed by atoms with E-state index in [1.807, 2.05) is 113 Å². The Morgan fingerprint density at radius 2 is 0.920 bits per heavy atom. The Kier molecular flexibility index (Phi) is 25.5. The van der Waals surface area contributed by atoms with Crippen molar-refractivity contribution < 1.29 is 92.4 Å². The topological polar surface area (TPSA) is 317 Å². The van der Waals surface area contributed by atoms with Crippen molar-refractivity contribution in [3.8, 4) is 23.5 Å². The molecular formula is C84H112F2N6O18S2. The molecule has 28 heteroatoms. The summed E-state index contributed by atoms with van der Waals surface area (Å²) in [4.78, 5) is 126. The van der Waals surface area contributed by atoms with Gasteiger partial charge in [0.25, 0.3) is 0 Å². The normalized spacial score (nSPS) is 29.9. The first-order valence-electron chi connectivity index (χ1n) is 39.9. The average molecular weight is 1600 g/mol. The SMILES string of the molecule is CCOc1cc2ccccc2c(O[C@@H]2C[C@H]3C(=O)C[C@]4(C(=O)NS(=O)(=O)C5(CF)CC5)C[C@H]4/C=C\CC[C@@H](C)C[C@@H](C)[C@H](CC(=O)OC(C)(C)C)C(=O)N3C2)n1.CCOc1cc2ccccc2c(O[C@@H]2C[C@H]3C(=O)C[C@]4(C(=O)NS(=O)(=O)C5(CF)CC5)C[C@H]4/C=C\CC[C@H](C)C[C@@H](C)[C@H](CC(=O)OC(C)(C)C)C(=O)N3C2)n1. The number of Topliss-reactive ketones (excluding diaryl/α,β-unsaturated/α-hetero) is 2. The number of nitrogens with one attached hydrogen (secondary N) is 2. The number of nitrogens with zero attached hydrogens (tertiary/aromatic N) is 4. The lowest BCUT2D eigenvalue weighted by Crippen LogP contribution is -2.48. The molecule has 0 unspecified atom stereocenters. The number of benzene rings is 2. The van der Waals surface area contributed by atoms with E-state index in [4.69, 9.17) is 28.4 Å². The highest BCUT2D eigenvalue weighted by atomic mass is 32.2. The molecule has 4 saturated carbocycles. The van der Waals surface area contributed by atoms with E-state index in [2.05, 4.69) is 33.3 Å². The van der Waals surface area contributed by atoms with Gasteiger partial charge in [-0.1, -0.05) is 88.4 Å². The molecule has 4 aliphatic heterocycles. The van der Waals surface area contributed by atoms with Gasteiger partial charge in [-0.15, -0.1) is 0 Å². The number of amides is 4. The highest BCUT2D eigenvalue weighted by molar-refractivity contribution is 7.92. The van der Waals surface area contributed by atoms with Crippen molar-refractivity contribution in [3.05, 3.63) is 85.0 Å². The molecule has 0 bridgehead atoms. The molecule has 612 valence electrons. The zero-order valence-corrected chi connectivity index (χ0v) is 68.3. The van der Waals surface area contributed by atoms with Crippen LogP contribution in [0.5, 0.6) is 23.5 Å². The van der Waals surface area contributed by atoms with E-state index in [-0.39, 0.29) is 137 Å². The minimum absolute atomic E-state index is 0.00707. The summed E-state index contributed by atoms with van der Waals surface area (Å²) in [6.45, 7) is 20.9. The van der Waals surface area contributed by atoms with Crippen LogP contribution in [0.1, 0.15) is 199 Å². The number of halogens is 2. The zero-order valence-electron chi connectivity index (χ0n) is 66.7. The molecular weight excluding hydrogens is 1480 g/mol. The van der Waals surface area contributed by atoms with Gasteiger partial charge in [0.05, 0.1) is 73.9 Å². The van der Waals surface area contributed by atoms with Gasteiger partial charge >= 0.3 is 11.9 Å². The van der Waals surface area contributed by atoms with Crippen LogP contribution in [0.2, 0.25) is 0 Å². The number of allylic oxidation sites excluding steroid dienone is 4. The van der Waals surface area contributed by atoms with Gasteiger partial charge in [-0.3, -0.25) is 47.8 Å². The lowest BCUT2D eigenvalue weighted by atomic mass is 9.82. The van der Waals surface area contributed by atoms with Crippen molar-refractivity contribution in [3.63, 3.8) is 0 Å². The summed E-state index contributed by atoms with van der Waals surface area (Å²) in [5, 5.41) is 3.10. The summed E-state index contributed by atoms with van der Waals surface area (Å²) in [6.07, 6.45) is 10.5. The molecule has 12 rings (SSSR count). The number of sulfonamides is 2. The van der Waals surface area contributed by atoms with Gasteiger partial charge < -0.3 is 38.2 Å². The molecule has 2 aromatic carbocycles. The molecule has 0 spiro atoms. The summed E-state index contributed by atoms with van der Waals surface area (Å²) in [6, 6.07) is 16.6.